The van der Waals surface area contributed by atoms with Gasteiger partial charge in [-0.05, 0) is 36.8 Å². The smallest absolute Gasteiger partial charge is 0.323 e. The number of benzene rings is 2. The number of rotatable bonds is 4. The van der Waals surface area contributed by atoms with Gasteiger partial charge in [0.15, 0.2) is 0 Å². The van der Waals surface area contributed by atoms with E-state index in [1.165, 1.54) is 6.33 Å². The van der Waals surface area contributed by atoms with E-state index in [-0.39, 0.29) is 6.03 Å². The molecule has 0 unspecified atom stereocenters. The largest absolute Gasteiger partial charge is 0.384 e. The molecule has 3 rings (SSSR count). The molecule has 0 aliphatic carbocycles. The number of urea groups is 1. The summed E-state index contributed by atoms with van der Waals surface area (Å²) in [5.74, 6) is 0.455. The zero-order valence-electron chi connectivity index (χ0n) is 13.9. The zero-order chi connectivity index (χ0) is 17.6. The van der Waals surface area contributed by atoms with E-state index in [1.54, 1.807) is 6.07 Å². The molecule has 0 aliphatic rings. The number of nitrogens with one attached hydrogen (secondary N) is 2. The molecule has 6 nitrogen and oxygen atoms in total. The first kappa shape index (κ1) is 16.4. The van der Waals surface area contributed by atoms with Gasteiger partial charge in [-0.25, -0.2) is 14.8 Å². The highest BCUT2D eigenvalue weighted by atomic mass is 16.2. The number of nitrogens with zero attached hydrogens (tertiary/aromatic N) is 2. The topological polar surface area (TPSA) is 92.9 Å². The Kier molecular flexibility index (Phi) is 4.89. The van der Waals surface area contributed by atoms with Gasteiger partial charge in [-0.1, -0.05) is 29.8 Å². The standard InChI is InChI=1S/C19H19N5O/c1-13-2-6-15(7-3-13)23-19(25)24-16-8-4-14(5-9-16)10-17-11-18(20)22-12-21-17/h2-9,11-12H,10H2,1H3,(H2,20,21,22)(H2,23,24,25). The Morgan fingerprint density at radius 1 is 0.960 bits per heavy atom. The van der Waals surface area contributed by atoms with Crippen molar-refractivity contribution < 1.29 is 4.79 Å². The Balaban J connectivity index is 1.58. The normalized spacial score (nSPS) is 10.3. The van der Waals surface area contributed by atoms with Gasteiger partial charge in [0.2, 0.25) is 0 Å². The summed E-state index contributed by atoms with van der Waals surface area (Å²) in [6.45, 7) is 2.00. The molecule has 0 saturated carbocycles. The number of nitrogens with two attached hydrogens (primary N) is 1. The minimum Gasteiger partial charge on any atom is -0.384 e. The van der Waals surface area contributed by atoms with Crippen molar-refractivity contribution in [1.82, 2.24) is 9.97 Å². The summed E-state index contributed by atoms with van der Waals surface area (Å²) in [7, 11) is 0. The van der Waals surface area contributed by atoms with Gasteiger partial charge in [-0.2, -0.15) is 0 Å². The van der Waals surface area contributed by atoms with E-state index in [0.29, 0.717) is 12.2 Å². The number of amides is 2. The van der Waals surface area contributed by atoms with E-state index in [4.69, 9.17) is 5.73 Å². The number of carbonyl (C=O) groups excluding carboxylic acids is 1. The van der Waals surface area contributed by atoms with Gasteiger partial charge in [-0.15, -0.1) is 0 Å². The zero-order valence-corrected chi connectivity index (χ0v) is 13.9. The fourth-order valence-corrected chi connectivity index (χ4v) is 2.36. The summed E-state index contributed by atoms with van der Waals surface area (Å²) < 4.78 is 0. The molecule has 0 saturated heterocycles. The molecule has 3 aromatic rings. The molecule has 4 N–H and O–H groups in total. The monoisotopic (exact) mass is 333 g/mol. The van der Waals surface area contributed by atoms with Crippen LogP contribution < -0.4 is 16.4 Å². The minimum absolute atomic E-state index is 0.278. The van der Waals surface area contributed by atoms with Crippen molar-refractivity contribution in [2.75, 3.05) is 16.4 Å². The van der Waals surface area contributed by atoms with Crippen LogP contribution in [-0.4, -0.2) is 16.0 Å². The Labute approximate surface area is 146 Å². The van der Waals surface area contributed by atoms with Gasteiger partial charge in [-0.3, -0.25) is 0 Å². The molecule has 0 fully saturated rings. The summed E-state index contributed by atoms with van der Waals surface area (Å²) >= 11 is 0. The third-order valence-electron chi connectivity index (χ3n) is 3.65. The maximum absolute atomic E-state index is 12.0. The number of aromatic nitrogens is 2. The first-order chi connectivity index (χ1) is 12.1. The maximum Gasteiger partial charge on any atom is 0.323 e. The van der Waals surface area contributed by atoms with Gasteiger partial charge in [0.1, 0.15) is 12.1 Å². The van der Waals surface area contributed by atoms with Crippen LogP contribution in [0.2, 0.25) is 0 Å². The summed E-state index contributed by atoms with van der Waals surface area (Å²) in [5.41, 5.74) is 10.2. The van der Waals surface area contributed by atoms with Crippen LogP contribution in [0.5, 0.6) is 0 Å². The van der Waals surface area contributed by atoms with Crippen LogP contribution in [-0.2, 0) is 6.42 Å². The summed E-state index contributed by atoms with van der Waals surface area (Å²) in [4.78, 5) is 20.1. The molecule has 25 heavy (non-hydrogen) atoms. The number of hydrogen-bond donors (Lipinski definition) is 3. The number of anilines is 3. The molecular weight excluding hydrogens is 314 g/mol. The maximum atomic E-state index is 12.0. The molecule has 2 amide bonds. The Morgan fingerprint density at radius 2 is 1.56 bits per heavy atom. The third kappa shape index (κ3) is 4.78. The van der Waals surface area contributed by atoms with E-state index < -0.39 is 0 Å². The Morgan fingerprint density at radius 3 is 2.16 bits per heavy atom. The van der Waals surface area contributed by atoms with Crippen molar-refractivity contribution in [3.05, 3.63) is 77.7 Å². The van der Waals surface area contributed by atoms with E-state index in [1.807, 2.05) is 55.5 Å². The minimum atomic E-state index is -0.278. The Bertz CT molecular complexity index is 860. The lowest BCUT2D eigenvalue weighted by Gasteiger charge is -2.09. The van der Waals surface area contributed by atoms with Crippen molar-refractivity contribution in [2.24, 2.45) is 0 Å². The lowest BCUT2D eigenvalue weighted by molar-refractivity contribution is 0.262. The number of hydrogen-bond acceptors (Lipinski definition) is 4. The predicted molar refractivity (Wildman–Crippen MR) is 99.5 cm³/mol. The molecule has 6 heteroatoms. The number of nitrogen functional groups attached to an aromatic ring is 1. The fraction of sp³-hybridized carbons (Fsp3) is 0.105. The van der Waals surface area contributed by atoms with Crippen molar-refractivity contribution in [1.29, 1.82) is 0 Å². The second-order valence-corrected chi connectivity index (χ2v) is 5.75. The highest BCUT2D eigenvalue weighted by Crippen LogP contribution is 2.14. The molecule has 126 valence electrons. The fourth-order valence-electron chi connectivity index (χ4n) is 2.36. The number of carbonyl (C=O) groups is 1. The number of aryl methyl sites for hydroxylation is 1. The van der Waals surface area contributed by atoms with Crippen LogP contribution in [0, 0.1) is 6.92 Å². The van der Waals surface area contributed by atoms with Crippen molar-refractivity contribution in [2.45, 2.75) is 13.3 Å². The molecule has 1 heterocycles. The second-order valence-electron chi connectivity index (χ2n) is 5.75. The van der Waals surface area contributed by atoms with E-state index in [9.17, 15) is 4.79 Å². The van der Waals surface area contributed by atoms with Crippen LogP contribution in [0.15, 0.2) is 60.9 Å². The lowest BCUT2D eigenvalue weighted by Crippen LogP contribution is -2.19. The summed E-state index contributed by atoms with van der Waals surface area (Å²) in [5, 5.41) is 5.61. The summed E-state index contributed by atoms with van der Waals surface area (Å²) in [6.07, 6.45) is 2.11. The molecule has 0 atom stereocenters. The van der Waals surface area contributed by atoms with Crippen LogP contribution in [0.4, 0.5) is 22.0 Å². The summed E-state index contributed by atoms with van der Waals surface area (Å²) in [6, 6.07) is 16.7. The van der Waals surface area contributed by atoms with Crippen LogP contribution in [0.25, 0.3) is 0 Å². The lowest BCUT2D eigenvalue weighted by atomic mass is 10.1. The van der Waals surface area contributed by atoms with E-state index in [0.717, 1.165) is 28.2 Å². The molecule has 2 aromatic carbocycles. The molecule has 0 radical (unpaired) electrons. The van der Waals surface area contributed by atoms with Crippen molar-refractivity contribution in [3.8, 4) is 0 Å². The quantitative estimate of drug-likeness (QED) is 0.680. The van der Waals surface area contributed by atoms with Crippen LogP contribution >= 0.6 is 0 Å². The van der Waals surface area contributed by atoms with Crippen molar-refractivity contribution >= 4 is 23.2 Å². The van der Waals surface area contributed by atoms with Crippen LogP contribution in [0.3, 0.4) is 0 Å². The first-order valence-electron chi connectivity index (χ1n) is 7.88. The molecule has 0 bridgehead atoms. The predicted octanol–water partition coefficient (Wildman–Crippen LogP) is 3.60. The van der Waals surface area contributed by atoms with Gasteiger partial charge < -0.3 is 16.4 Å². The second kappa shape index (κ2) is 7.44. The van der Waals surface area contributed by atoms with Crippen molar-refractivity contribution in [3.63, 3.8) is 0 Å². The van der Waals surface area contributed by atoms with E-state index >= 15 is 0 Å². The third-order valence-corrected chi connectivity index (χ3v) is 3.65. The molecule has 0 aliphatic heterocycles. The molecule has 1 aromatic heterocycles. The highest BCUT2D eigenvalue weighted by Gasteiger charge is 2.04. The van der Waals surface area contributed by atoms with Gasteiger partial charge >= 0.3 is 6.03 Å². The van der Waals surface area contributed by atoms with Gasteiger partial charge in [0, 0.05) is 23.9 Å². The SMILES string of the molecule is Cc1ccc(NC(=O)Nc2ccc(Cc3cc(N)ncn3)cc2)cc1. The van der Waals surface area contributed by atoms with Crippen LogP contribution in [0.1, 0.15) is 16.8 Å². The first-order valence-corrected chi connectivity index (χ1v) is 7.88. The molecular formula is C19H19N5O. The molecule has 0 spiro atoms. The average Bonchev–Trinajstić information content (AvgIpc) is 2.59. The Hall–Kier alpha value is -3.41. The van der Waals surface area contributed by atoms with Gasteiger partial charge in [0.25, 0.3) is 0 Å². The van der Waals surface area contributed by atoms with Gasteiger partial charge in [0.05, 0.1) is 5.69 Å². The van der Waals surface area contributed by atoms with E-state index in [2.05, 4.69) is 20.6 Å². The highest BCUT2D eigenvalue weighted by molar-refractivity contribution is 5.99. The average molecular weight is 333 g/mol.